The second-order valence-corrected chi connectivity index (χ2v) is 7.94. The first-order valence-corrected chi connectivity index (χ1v) is 9.47. The van der Waals surface area contributed by atoms with Crippen LogP contribution in [-0.2, 0) is 9.59 Å². The highest BCUT2D eigenvalue weighted by atomic mass is 16.2. The predicted octanol–water partition coefficient (Wildman–Crippen LogP) is 1.04. The molecule has 0 aromatic heterocycles. The van der Waals surface area contributed by atoms with E-state index in [1.165, 1.54) is 17.7 Å². The summed E-state index contributed by atoms with van der Waals surface area (Å²) >= 11 is 0. The average molecular weight is 350 g/mol. The van der Waals surface area contributed by atoms with Crippen molar-refractivity contribution < 1.29 is 14.4 Å². The largest absolute Gasteiger partial charge is 0.340 e. The third-order valence-electron chi connectivity index (χ3n) is 6.04. The molecule has 3 aliphatic rings. The van der Waals surface area contributed by atoms with Crippen molar-refractivity contribution >= 4 is 17.8 Å². The number of piperidine rings is 1. The van der Waals surface area contributed by atoms with Crippen molar-refractivity contribution in [2.24, 2.45) is 5.41 Å². The summed E-state index contributed by atoms with van der Waals surface area (Å²) in [5.41, 5.74) is -0.387. The summed E-state index contributed by atoms with van der Waals surface area (Å²) in [6.07, 6.45) is 7.35. The van der Waals surface area contributed by atoms with Gasteiger partial charge < -0.3 is 20.0 Å². The van der Waals surface area contributed by atoms with E-state index in [0.717, 1.165) is 38.6 Å². The van der Waals surface area contributed by atoms with Crippen LogP contribution in [0.2, 0.25) is 0 Å². The van der Waals surface area contributed by atoms with E-state index in [1.54, 1.807) is 19.0 Å². The van der Waals surface area contributed by atoms with E-state index in [0.29, 0.717) is 19.1 Å². The van der Waals surface area contributed by atoms with Gasteiger partial charge in [0.25, 0.3) is 0 Å². The van der Waals surface area contributed by atoms with E-state index in [-0.39, 0.29) is 29.8 Å². The molecule has 3 rings (SSSR count). The second kappa shape index (κ2) is 7.22. The van der Waals surface area contributed by atoms with Gasteiger partial charge in [0, 0.05) is 39.8 Å². The van der Waals surface area contributed by atoms with Crippen LogP contribution in [0.1, 0.15) is 44.9 Å². The zero-order chi connectivity index (χ0) is 18.0. The maximum atomic E-state index is 13.2. The number of hydrogen-bond acceptors (Lipinski definition) is 3. The molecule has 140 valence electrons. The highest BCUT2D eigenvalue weighted by molar-refractivity contribution is 5.88. The number of likely N-dealkylation sites (tertiary alicyclic amines) is 2. The summed E-state index contributed by atoms with van der Waals surface area (Å²) in [4.78, 5) is 42.4. The van der Waals surface area contributed by atoms with Crippen molar-refractivity contribution in [1.29, 1.82) is 0 Å². The van der Waals surface area contributed by atoms with Crippen molar-refractivity contribution in [3.63, 3.8) is 0 Å². The van der Waals surface area contributed by atoms with Crippen LogP contribution in [0.4, 0.5) is 4.79 Å². The molecule has 2 heterocycles. The van der Waals surface area contributed by atoms with E-state index < -0.39 is 0 Å². The lowest BCUT2D eigenvalue weighted by Gasteiger charge is -2.42. The number of nitrogens with zero attached hydrogens (tertiary/aromatic N) is 3. The molecular weight excluding hydrogens is 320 g/mol. The fourth-order valence-corrected chi connectivity index (χ4v) is 4.55. The van der Waals surface area contributed by atoms with E-state index >= 15 is 0 Å². The van der Waals surface area contributed by atoms with E-state index in [4.69, 9.17) is 0 Å². The normalized spacial score (nSPS) is 27.2. The fourth-order valence-electron chi connectivity index (χ4n) is 4.55. The highest BCUT2D eigenvalue weighted by Crippen LogP contribution is 2.42. The maximum Gasteiger partial charge on any atom is 0.317 e. The molecule has 1 spiro atoms. The van der Waals surface area contributed by atoms with Gasteiger partial charge in [-0.05, 0) is 32.1 Å². The zero-order valence-corrected chi connectivity index (χ0v) is 15.4. The first-order valence-electron chi connectivity index (χ1n) is 9.47. The van der Waals surface area contributed by atoms with E-state index in [1.807, 2.05) is 0 Å². The molecule has 3 fully saturated rings. The van der Waals surface area contributed by atoms with Crippen LogP contribution in [0.25, 0.3) is 0 Å². The van der Waals surface area contributed by atoms with Gasteiger partial charge in [-0.15, -0.1) is 0 Å². The molecule has 7 nitrogen and oxygen atoms in total. The van der Waals surface area contributed by atoms with Gasteiger partial charge in [-0.2, -0.15) is 0 Å². The Morgan fingerprint density at radius 3 is 2.56 bits per heavy atom. The molecule has 2 saturated heterocycles. The Morgan fingerprint density at radius 2 is 1.88 bits per heavy atom. The topological polar surface area (TPSA) is 73.0 Å². The molecule has 1 atom stereocenters. The molecule has 25 heavy (non-hydrogen) atoms. The van der Waals surface area contributed by atoms with Crippen LogP contribution in [0.5, 0.6) is 0 Å². The van der Waals surface area contributed by atoms with Gasteiger partial charge in [0.15, 0.2) is 0 Å². The Morgan fingerprint density at radius 1 is 1.16 bits per heavy atom. The molecule has 0 bridgehead atoms. The molecule has 1 N–H and O–H groups in total. The van der Waals surface area contributed by atoms with Gasteiger partial charge in [0.05, 0.1) is 12.0 Å². The van der Waals surface area contributed by atoms with Gasteiger partial charge in [0.2, 0.25) is 11.8 Å². The third-order valence-corrected chi connectivity index (χ3v) is 6.04. The molecule has 2 aliphatic heterocycles. The highest BCUT2D eigenvalue weighted by Gasteiger charge is 2.50. The van der Waals surface area contributed by atoms with Crippen molar-refractivity contribution in [1.82, 2.24) is 20.0 Å². The Bertz CT molecular complexity index is 544. The summed E-state index contributed by atoms with van der Waals surface area (Å²) in [5, 5.41) is 2.62. The first kappa shape index (κ1) is 18.0. The number of amides is 4. The Labute approximate surface area is 149 Å². The number of rotatable bonds is 3. The first-order chi connectivity index (χ1) is 11.9. The minimum atomic E-state index is -0.387. The number of hydrogen-bond donors (Lipinski definition) is 1. The van der Waals surface area contributed by atoms with Crippen LogP contribution in [0.3, 0.4) is 0 Å². The smallest absolute Gasteiger partial charge is 0.317 e. The third kappa shape index (κ3) is 3.60. The lowest BCUT2D eigenvalue weighted by Crippen LogP contribution is -2.53. The molecule has 0 radical (unpaired) electrons. The minimum absolute atomic E-state index is 0.00633. The summed E-state index contributed by atoms with van der Waals surface area (Å²) in [6, 6.07) is 0.136. The minimum Gasteiger partial charge on any atom is -0.340 e. The SMILES string of the molecule is CN(C)C(=O)NCC(=O)N1CC[C@@]2(CCCN(C3CCCC3)C2=O)C1. The second-order valence-electron chi connectivity index (χ2n) is 7.94. The Kier molecular flexibility index (Phi) is 5.20. The van der Waals surface area contributed by atoms with Crippen molar-refractivity contribution in [2.75, 3.05) is 40.3 Å². The van der Waals surface area contributed by atoms with Crippen molar-refractivity contribution in [2.45, 2.75) is 51.0 Å². The molecule has 0 aromatic rings. The van der Waals surface area contributed by atoms with Gasteiger partial charge in [-0.3, -0.25) is 9.59 Å². The molecule has 0 unspecified atom stereocenters. The molecule has 0 aromatic carbocycles. The van der Waals surface area contributed by atoms with Crippen LogP contribution >= 0.6 is 0 Å². The van der Waals surface area contributed by atoms with Gasteiger partial charge in [0.1, 0.15) is 0 Å². The Hall–Kier alpha value is -1.79. The summed E-state index contributed by atoms with van der Waals surface area (Å²) in [7, 11) is 3.28. The summed E-state index contributed by atoms with van der Waals surface area (Å²) in [6.45, 7) is 1.98. The van der Waals surface area contributed by atoms with Crippen molar-refractivity contribution in [3.8, 4) is 0 Å². The fraction of sp³-hybridized carbons (Fsp3) is 0.833. The summed E-state index contributed by atoms with van der Waals surface area (Å²) < 4.78 is 0. The Balaban J connectivity index is 1.59. The van der Waals surface area contributed by atoms with Crippen LogP contribution < -0.4 is 5.32 Å². The van der Waals surface area contributed by atoms with E-state index in [2.05, 4.69) is 10.2 Å². The molecular formula is C18H30N4O3. The van der Waals surface area contributed by atoms with Crippen LogP contribution in [0, 0.1) is 5.41 Å². The van der Waals surface area contributed by atoms with Crippen molar-refractivity contribution in [3.05, 3.63) is 0 Å². The standard InChI is InChI=1S/C18H30N4O3/c1-20(2)17(25)19-12-15(23)21-11-9-18(13-21)8-5-10-22(16(18)24)14-6-3-4-7-14/h14H,3-13H2,1-2H3,(H,19,25)/t18-/m0/s1. The van der Waals surface area contributed by atoms with Gasteiger partial charge in [-0.1, -0.05) is 12.8 Å². The van der Waals surface area contributed by atoms with Crippen LogP contribution in [-0.4, -0.2) is 78.9 Å². The molecule has 4 amide bonds. The monoisotopic (exact) mass is 350 g/mol. The number of carbonyl (C=O) groups excluding carboxylic acids is 3. The van der Waals surface area contributed by atoms with Gasteiger partial charge >= 0.3 is 6.03 Å². The molecule has 1 saturated carbocycles. The molecule has 1 aliphatic carbocycles. The maximum absolute atomic E-state index is 13.2. The predicted molar refractivity (Wildman–Crippen MR) is 93.9 cm³/mol. The van der Waals surface area contributed by atoms with Crippen LogP contribution in [0.15, 0.2) is 0 Å². The quantitative estimate of drug-likeness (QED) is 0.827. The number of urea groups is 1. The number of nitrogens with one attached hydrogen (secondary N) is 1. The average Bonchev–Trinajstić information content (AvgIpc) is 3.25. The van der Waals surface area contributed by atoms with E-state index in [9.17, 15) is 14.4 Å². The lowest BCUT2D eigenvalue weighted by molar-refractivity contribution is -0.148. The summed E-state index contributed by atoms with van der Waals surface area (Å²) in [5.74, 6) is 0.163. The number of carbonyl (C=O) groups is 3. The lowest BCUT2D eigenvalue weighted by atomic mass is 9.77. The molecule has 7 heteroatoms. The zero-order valence-electron chi connectivity index (χ0n) is 15.4. The van der Waals surface area contributed by atoms with Gasteiger partial charge in [-0.25, -0.2) is 4.79 Å².